The van der Waals surface area contributed by atoms with E-state index in [1.807, 2.05) is 0 Å². The number of alkyl halides is 3. The Morgan fingerprint density at radius 3 is 2.30 bits per heavy atom. The van der Waals surface area contributed by atoms with E-state index in [0.717, 1.165) is 36.6 Å². The van der Waals surface area contributed by atoms with Gasteiger partial charge in [0.05, 0.1) is 17.9 Å². The molecule has 1 atom stereocenters. The first kappa shape index (κ1) is 20.8. The monoisotopic (exact) mass is 404 g/mol. The highest BCUT2D eigenvalue weighted by molar-refractivity contribution is 7.88. The molecule has 146 valence electrons. The summed E-state index contributed by atoms with van der Waals surface area (Å²) in [5.74, 6) is -1.25. The number of rotatable bonds is 6. The zero-order valence-corrected chi connectivity index (χ0v) is 14.9. The van der Waals surface area contributed by atoms with Gasteiger partial charge in [-0.25, -0.2) is 17.5 Å². The molecule has 0 radical (unpaired) electrons. The molecule has 0 saturated heterocycles. The molecule has 0 aromatic heterocycles. The summed E-state index contributed by atoms with van der Waals surface area (Å²) < 4.78 is 76.6. The van der Waals surface area contributed by atoms with Crippen LogP contribution in [0.3, 0.4) is 0 Å². The molecule has 5 nitrogen and oxygen atoms in total. The van der Waals surface area contributed by atoms with Crippen molar-refractivity contribution in [1.82, 2.24) is 4.72 Å². The van der Waals surface area contributed by atoms with Gasteiger partial charge in [-0.3, -0.25) is 4.79 Å². The van der Waals surface area contributed by atoms with Crippen molar-refractivity contribution in [1.29, 1.82) is 0 Å². The molecule has 10 heteroatoms. The SMILES string of the molecule is CS(=O)(=O)N[C@H](CC(=O)Nc1cccc(C(F)(F)F)c1)c1ccc(F)cc1. The molecule has 0 unspecified atom stereocenters. The maximum Gasteiger partial charge on any atom is 0.416 e. The second-order valence-corrected chi connectivity index (χ2v) is 7.61. The van der Waals surface area contributed by atoms with Crippen LogP contribution in [0.15, 0.2) is 48.5 Å². The predicted molar refractivity (Wildman–Crippen MR) is 91.8 cm³/mol. The van der Waals surface area contributed by atoms with E-state index in [-0.39, 0.29) is 5.69 Å². The fourth-order valence-corrected chi connectivity index (χ4v) is 3.09. The molecule has 0 heterocycles. The van der Waals surface area contributed by atoms with Crippen molar-refractivity contribution in [2.24, 2.45) is 0 Å². The molecule has 2 aromatic carbocycles. The lowest BCUT2D eigenvalue weighted by Crippen LogP contribution is -2.30. The Labute approximate surface area is 153 Å². The average molecular weight is 404 g/mol. The minimum Gasteiger partial charge on any atom is -0.326 e. The summed E-state index contributed by atoms with van der Waals surface area (Å²) in [6.07, 6.45) is -4.06. The second kappa shape index (κ2) is 8.05. The van der Waals surface area contributed by atoms with Crippen LogP contribution in [0.2, 0.25) is 0 Å². The van der Waals surface area contributed by atoms with Gasteiger partial charge in [-0.15, -0.1) is 0 Å². The summed E-state index contributed by atoms with van der Waals surface area (Å²) >= 11 is 0. The Bertz CT molecular complexity index is 913. The molecule has 0 saturated carbocycles. The van der Waals surface area contributed by atoms with Gasteiger partial charge >= 0.3 is 6.18 Å². The third-order valence-electron chi connectivity index (χ3n) is 3.49. The number of hydrogen-bond acceptors (Lipinski definition) is 3. The molecule has 2 N–H and O–H groups in total. The lowest BCUT2D eigenvalue weighted by molar-refractivity contribution is -0.137. The first-order chi connectivity index (χ1) is 12.4. The quantitative estimate of drug-likeness (QED) is 0.724. The van der Waals surface area contributed by atoms with Crippen molar-refractivity contribution >= 4 is 21.6 Å². The smallest absolute Gasteiger partial charge is 0.326 e. The van der Waals surface area contributed by atoms with Gasteiger partial charge in [0, 0.05) is 12.1 Å². The third kappa shape index (κ3) is 6.65. The zero-order valence-electron chi connectivity index (χ0n) is 14.0. The third-order valence-corrected chi connectivity index (χ3v) is 4.20. The molecule has 0 aliphatic carbocycles. The van der Waals surface area contributed by atoms with Gasteiger partial charge in [0.2, 0.25) is 15.9 Å². The largest absolute Gasteiger partial charge is 0.416 e. The van der Waals surface area contributed by atoms with Gasteiger partial charge < -0.3 is 5.32 Å². The van der Waals surface area contributed by atoms with E-state index in [0.29, 0.717) is 5.56 Å². The standard InChI is InChI=1S/C17H16F4N2O3S/c1-27(25,26)23-15(11-5-7-13(18)8-6-11)10-16(24)22-14-4-2-3-12(9-14)17(19,20)21/h2-9,15,23H,10H2,1H3,(H,22,24)/t15-/m1/s1. The number of amides is 1. The van der Waals surface area contributed by atoms with E-state index >= 15 is 0 Å². The van der Waals surface area contributed by atoms with E-state index in [4.69, 9.17) is 0 Å². The summed E-state index contributed by atoms with van der Waals surface area (Å²) in [5.41, 5.74) is -0.669. The fraction of sp³-hybridized carbons (Fsp3) is 0.235. The van der Waals surface area contributed by atoms with Gasteiger partial charge in [0.1, 0.15) is 5.82 Å². The van der Waals surface area contributed by atoms with Crippen molar-refractivity contribution in [3.63, 3.8) is 0 Å². The first-order valence-corrected chi connectivity index (χ1v) is 9.53. The molecule has 27 heavy (non-hydrogen) atoms. The van der Waals surface area contributed by atoms with Crippen LogP contribution >= 0.6 is 0 Å². The molecule has 2 rings (SSSR count). The van der Waals surface area contributed by atoms with Crippen molar-refractivity contribution in [2.75, 3.05) is 11.6 Å². The molecule has 1 amide bonds. The number of carbonyl (C=O) groups is 1. The molecule has 0 aliphatic heterocycles. The summed E-state index contributed by atoms with van der Waals surface area (Å²) in [7, 11) is -3.70. The maximum atomic E-state index is 13.1. The van der Waals surface area contributed by atoms with E-state index in [9.17, 15) is 30.8 Å². The lowest BCUT2D eigenvalue weighted by Gasteiger charge is -2.18. The maximum absolute atomic E-state index is 13.1. The number of nitrogens with one attached hydrogen (secondary N) is 2. The van der Waals surface area contributed by atoms with E-state index in [1.165, 1.54) is 18.2 Å². The van der Waals surface area contributed by atoms with Crippen molar-refractivity contribution in [2.45, 2.75) is 18.6 Å². The summed E-state index contributed by atoms with van der Waals surface area (Å²) in [6, 6.07) is 7.90. The molecule has 0 aliphatic rings. The number of carbonyl (C=O) groups excluding carboxylic acids is 1. The van der Waals surface area contributed by atoms with Crippen LogP contribution in [0.4, 0.5) is 23.2 Å². The fourth-order valence-electron chi connectivity index (χ4n) is 2.35. The highest BCUT2D eigenvalue weighted by Gasteiger charge is 2.30. The van der Waals surface area contributed by atoms with Crippen molar-refractivity contribution in [3.8, 4) is 0 Å². The Hall–Kier alpha value is -2.46. The van der Waals surface area contributed by atoms with Crippen LogP contribution in [0, 0.1) is 5.82 Å². The zero-order chi connectivity index (χ0) is 20.2. The molecular weight excluding hydrogens is 388 g/mol. The van der Waals surface area contributed by atoms with Crippen LogP contribution in [-0.4, -0.2) is 20.6 Å². The van der Waals surface area contributed by atoms with Gasteiger partial charge in [-0.2, -0.15) is 13.2 Å². The molecule has 0 spiro atoms. The average Bonchev–Trinajstić information content (AvgIpc) is 2.53. The molecular formula is C17H16F4N2O3S. The molecule has 2 aromatic rings. The normalized spacial score (nSPS) is 13.2. The highest BCUT2D eigenvalue weighted by atomic mass is 32.2. The van der Waals surface area contributed by atoms with Gasteiger partial charge in [0.25, 0.3) is 0 Å². The Morgan fingerprint density at radius 1 is 1.11 bits per heavy atom. The van der Waals surface area contributed by atoms with Gasteiger partial charge in [-0.05, 0) is 35.9 Å². The number of halogens is 4. The lowest BCUT2D eigenvalue weighted by atomic mass is 10.0. The van der Waals surface area contributed by atoms with Crippen LogP contribution in [0.1, 0.15) is 23.6 Å². The van der Waals surface area contributed by atoms with Crippen LogP contribution in [0.5, 0.6) is 0 Å². The highest BCUT2D eigenvalue weighted by Crippen LogP contribution is 2.30. The summed E-state index contributed by atoms with van der Waals surface area (Å²) in [5, 5.41) is 2.30. The molecule has 0 fully saturated rings. The van der Waals surface area contributed by atoms with Crippen LogP contribution in [0.25, 0.3) is 0 Å². The van der Waals surface area contributed by atoms with Crippen LogP contribution < -0.4 is 10.0 Å². The Morgan fingerprint density at radius 2 is 1.74 bits per heavy atom. The van der Waals surface area contributed by atoms with Crippen molar-refractivity contribution < 1.29 is 30.8 Å². The predicted octanol–water partition coefficient (Wildman–Crippen LogP) is 3.46. The number of benzene rings is 2. The Balaban J connectivity index is 2.17. The van der Waals surface area contributed by atoms with E-state index in [1.54, 1.807) is 0 Å². The molecule has 0 bridgehead atoms. The van der Waals surface area contributed by atoms with E-state index in [2.05, 4.69) is 10.0 Å². The number of hydrogen-bond donors (Lipinski definition) is 2. The minimum atomic E-state index is -4.56. The van der Waals surface area contributed by atoms with Gasteiger partial charge in [0.15, 0.2) is 0 Å². The Kier molecular flexibility index (Phi) is 6.22. The second-order valence-electron chi connectivity index (χ2n) is 5.83. The number of anilines is 1. The summed E-state index contributed by atoms with van der Waals surface area (Å²) in [6.45, 7) is 0. The van der Waals surface area contributed by atoms with Crippen LogP contribution in [-0.2, 0) is 21.0 Å². The first-order valence-electron chi connectivity index (χ1n) is 7.64. The topological polar surface area (TPSA) is 75.3 Å². The van der Waals surface area contributed by atoms with Gasteiger partial charge in [-0.1, -0.05) is 18.2 Å². The van der Waals surface area contributed by atoms with E-state index < -0.39 is 46.0 Å². The number of sulfonamides is 1. The van der Waals surface area contributed by atoms with Crippen molar-refractivity contribution in [3.05, 3.63) is 65.5 Å². The summed E-state index contributed by atoms with van der Waals surface area (Å²) in [4.78, 5) is 12.2. The minimum absolute atomic E-state index is 0.0768.